The third-order valence-corrected chi connectivity index (χ3v) is 8.27. The molecule has 1 N–H and O–H groups in total. The van der Waals surface area contributed by atoms with E-state index in [0.29, 0.717) is 18.8 Å². The molecule has 0 heterocycles. The van der Waals surface area contributed by atoms with E-state index < -0.39 is 34.3 Å². The van der Waals surface area contributed by atoms with Gasteiger partial charge in [-0.3, -0.25) is 13.9 Å². The molecule has 0 radical (unpaired) electrons. The minimum absolute atomic E-state index is 0.0646. The maximum absolute atomic E-state index is 13.9. The molecule has 3 aromatic carbocycles. The van der Waals surface area contributed by atoms with E-state index in [1.807, 2.05) is 51.1 Å². The van der Waals surface area contributed by atoms with Gasteiger partial charge in [-0.1, -0.05) is 37.3 Å². The van der Waals surface area contributed by atoms with Gasteiger partial charge in [0.25, 0.3) is 10.0 Å². The molecule has 0 aliphatic heterocycles. The molecule has 3 aromatic rings. The van der Waals surface area contributed by atoms with E-state index in [4.69, 9.17) is 4.74 Å². The molecule has 0 spiro atoms. The summed E-state index contributed by atoms with van der Waals surface area (Å²) in [5.74, 6) is -0.980. The van der Waals surface area contributed by atoms with Crippen molar-refractivity contribution in [2.24, 2.45) is 0 Å². The van der Waals surface area contributed by atoms with Gasteiger partial charge in [0.2, 0.25) is 11.8 Å². The van der Waals surface area contributed by atoms with Crippen molar-refractivity contribution in [3.63, 3.8) is 0 Å². The van der Waals surface area contributed by atoms with E-state index in [1.54, 1.807) is 6.92 Å². The fraction of sp³-hybridized carbons (Fsp3) is 0.333. The number of rotatable bonds is 13. The standard InChI is InChI=1S/C30H36FN3O5S/c1-5-22(3)32-30(36)23(4)33(20-24-10-8-7-9-11-24)29(35)21-34(26-14-12-25(31)13-15-26)40(37,38)28-18-16-27(17-19-28)39-6-2/h7-19,22-23H,5-6,20-21H2,1-4H3,(H,32,36)/t22-,23-/m1/s1. The van der Waals surface area contributed by atoms with E-state index in [0.717, 1.165) is 22.0 Å². The first-order valence-corrected chi connectivity index (χ1v) is 14.7. The van der Waals surface area contributed by atoms with Crippen LogP contribution in [0.5, 0.6) is 5.75 Å². The van der Waals surface area contributed by atoms with Crippen LogP contribution < -0.4 is 14.4 Å². The Morgan fingerprint density at radius 3 is 2.12 bits per heavy atom. The summed E-state index contributed by atoms with van der Waals surface area (Å²) in [5, 5.41) is 2.90. The van der Waals surface area contributed by atoms with Gasteiger partial charge in [-0.15, -0.1) is 0 Å². The Kier molecular flexibility index (Phi) is 10.7. The van der Waals surface area contributed by atoms with Crippen LogP contribution in [-0.2, 0) is 26.2 Å². The van der Waals surface area contributed by atoms with Crippen molar-refractivity contribution < 1.29 is 27.1 Å². The average Bonchev–Trinajstić information content (AvgIpc) is 2.95. The number of anilines is 1. The predicted octanol–water partition coefficient (Wildman–Crippen LogP) is 4.75. The molecule has 0 fully saturated rings. The van der Waals surface area contributed by atoms with Gasteiger partial charge < -0.3 is 15.0 Å². The largest absolute Gasteiger partial charge is 0.494 e. The lowest BCUT2D eigenvalue weighted by Gasteiger charge is -2.32. The maximum atomic E-state index is 13.9. The SMILES string of the molecule is CCOc1ccc(S(=O)(=O)N(CC(=O)N(Cc2ccccc2)[C@H](C)C(=O)N[C@H](C)CC)c2ccc(F)cc2)cc1. The van der Waals surface area contributed by atoms with E-state index in [1.165, 1.54) is 41.3 Å². The molecule has 10 heteroatoms. The maximum Gasteiger partial charge on any atom is 0.264 e. The molecule has 0 bridgehead atoms. The lowest BCUT2D eigenvalue weighted by Crippen LogP contribution is -2.52. The lowest BCUT2D eigenvalue weighted by molar-refractivity contribution is -0.139. The second-order valence-corrected chi connectivity index (χ2v) is 11.3. The van der Waals surface area contributed by atoms with Crippen LogP contribution in [0.4, 0.5) is 10.1 Å². The van der Waals surface area contributed by atoms with Gasteiger partial charge in [0.1, 0.15) is 24.2 Å². The Labute approximate surface area is 235 Å². The number of benzene rings is 3. The topological polar surface area (TPSA) is 96.0 Å². The van der Waals surface area contributed by atoms with E-state index in [2.05, 4.69) is 5.32 Å². The second kappa shape index (κ2) is 13.9. The van der Waals surface area contributed by atoms with Crippen molar-refractivity contribution in [1.29, 1.82) is 0 Å². The van der Waals surface area contributed by atoms with Crippen LogP contribution >= 0.6 is 0 Å². The molecule has 214 valence electrons. The Morgan fingerprint density at radius 2 is 1.55 bits per heavy atom. The number of sulfonamides is 1. The normalized spacial score (nSPS) is 12.7. The third-order valence-electron chi connectivity index (χ3n) is 6.48. The molecule has 0 aromatic heterocycles. The van der Waals surface area contributed by atoms with Crippen molar-refractivity contribution in [1.82, 2.24) is 10.2 Å². The van der Waals surface area contributed by atoms with Gasteiger partial charge in [-0.2, -0.15) is 0 Å². The summed E-state index contributed by atoms with van der Waals surface area (Å²) in [6.07, 6.45) is 0.712. The summed E-state index contributed by atoms with van der Waals surface area (Å²) >= 11 is 0. The average molecular weight is 570 g/mol. The Hall–Kier alpha value is -3.92. The van der Waals surface area contributed by atoms with Crippen molar-refractivity contribution in [3.05, 3.63) is 90.2 Å². The quantitative estimate of drug-likeness (QED) is 0.321. The molecule has 3 rings (SSSR count). The Bertz CT molecular complexity index is 1370. The molecular formula is C30H36FN3O5S. The van der Waals surface area contributed by atoms with E-state index in [9.17, 15) is 22.4 Å². The zero-order valence-corrected chi connectivity index (χ0v) is 24.0. The van der Waals surface area contributed by atoms with Gasteiger partial charge in [0, 0.05) is 12.6 Å². The minimum atomic E-state index is -4.26. The first kappa shape index (κ1) is 30.6. The predicted molar refractivity (Wildman–Crippen MR) is 153 cm³/mol. The molecule has 2 amide bonds. The lowest BCUT2D eigenvalue weighted by atomic mass is 10.1. The van der Waals surface area contributed by atoms with E-state index >= 15 is 0 Å². The van der Waals surface area contributed by atoms with E-state index in [-0.39, 0.29) is 29.1 Å². The third kappa shape index (κ3) is 7.81. The number of carbonyl (C=O) groups excluding carboxylic acids is 2. The molecule has 2 atom stereocenters. The van der Waals surface area contributed by atoms with Crippen LogP contribution in [0.15, 0.2) is 83.8 Å². The van der Waals surface area contributed by atoms with Crippen LogP contribution in [0, 0.1) is 5.82 Å². The first-order chi connectivity index (χ1) is 19.1. The molecule has 8 nitrogen and oxygen atoms in total. The highest BCUT2D eigenvalue weighted by Crippen LogP contribution is 2.26. The summed E-state index contributed by atoms with van der Waals surface area (Å²) in [7, 11) is -4.26. The number of amides is 2. The fourth-order valence-corrected chi connectivity index (χ4v) is 5.38. The smallest absolute Gasteiger partial charge is 0.264 e. The van der Waals surface area contributed by atoms with Gasteiger partial charge in [0.05, 0.1) is 17.2 Å². The molecule has 0 unspecified atom stereocenters. The van der Waals surface area contributed by atoms with Crippen LogP contribution in [0.3, 0.4) is 0 Å². The van der Waals surface area contributed by atoms with Crippen molar-refractivity contribution in [3.8, 4) is 5.75 Å². The summed E-state index contributed by atoms with van der Waals surface area (Å²) in [6.45, 7) is 7.15. The first-order valence-electron chi connectivity index (χ1n) is 13.2. The van der Waals surface area contributed by atoms with Gasteiger partial charge >= 0.3 is 0 Å². The minimum Gasteiger partial charge on any atom is -0.494 e. The summed E-state index contributed by atoms with van der Waals surface area (Å²) in [4.78, 5) is 28.2. The highest BCUT2D eigenvalue weighted by molar-refractivity contribution is 7.92. The summed E-state index contributed by atoms with van der Waals surface area (Å²) in [5.41, 5.74) is 0.891. The Balaban J connectivity index is 2.00. The zero-order valence-electron chi connectivity index (χ0n) is 23.2. The van der Waals surface area contributed by atoms with Gasteiger partial charge in [-0.05, 0) is 81.3 Å². The van der Waals surface area contributed by atoms with Crippen LogP contribution in [-0.4, -0.2) is 50.4 Å². The van der Waals surface area contributed by atoms with Gasteiger partial charge in [-0.25, -0.2) is 12.8 Å². The number of nitrogens with one attached hydrogen (secondary N) is 1. The summed E-state index contributed by atoms with van der Waals surface area (Å²) in [6, 6.07) is 18.9. The number of ether oxygens (including phenoxy) is 1. The highest BCUT2D eigenvalue weighted by Gasteiger charge is 2.32. The summed E-state index contributed by atoms with van der Waals surface area (Å²) < 4.78 is 47.8. The second-order valence-electron chi connectivity index (χ2n) is 9.39. The van der Waals surface area contributed by atoms with Crippen molar-refractivity contribution >= 4 is 27.5 Å². The number of hydrogen-bond acceptors (Lipinski definition) is 5. The number of hydrogen-bond donors (Lipinski definition) is 1. The molecule has 0 saturated heterocycles. The van der Waals surface area contributed by atoms with Crippen molar-refractivity contribution in [2.45, 2.75) is 57.6 Å². The number of nitrogens with zero attached hydrogens (tertiary/aromatic N) is 2. The molecule has 0 aliphatic carbocycles. The monoisotopic (exact) mass is 569 g/mol. The van der Waals surface area contributed by atoms with Crippen LogP contribution in [0.25, 0.3) is 0 Å². The molecular weight excluding hydrogens is 533 g/mol. The van der Waals surface area contributed by atoms with Crippen molar-refractivity contribution in [2.75, 3.05) is 17.5 Å². The number of carbonyl (C=O) groups is 2. The highest BCUT2D eigenvalue weighted by atomic mass is 32.2. The number of halogens is 1. The Morgan fingerprint density at radius 1 is 0.925 bits per heavy atom. The molecule has 0 aliphatic rings. The van der Waals surface area contributed by atoms with Crippen LogP contribution in [0.2, 0.25) is 0 Å². The van der Waals surface area contributed by atoms with Crippen LogP contribution in [0.1, 0.15) is 39.7 Å². The van der Waals surface area contributed by atoms with Gasteiger partial charge in [0.15, 0.2) is 0 Å². The molecule has 40 heavy (non-hydrogen) atoms. The molecule has 0 saturated carbocycles. The zero-order chi connectivity index (χ0) is 29.3. The fourth-order valence-electron chi connectivity index (χ4n) is 3.97.